The molecule has 1 fully saturated rings. The molecule has 1 heterocycles. The molecule has 0 bridgehead atoms. The zero-order chi connectivity index (χ0) is 12.5. The Bertz CT molecular complexity index is 404. The summed E-state index contributed by atoms with van der Waals surface area (Å²) in [5.74, 6) is 0.0752. The molecular formula is C13H18BrNOS. The zero-order valence-electron chi connectivity index (χ0n) is 10.3. The Morgan fingerprint density at radius 3 is 2.76 bits per heavy atom. The Balaban J connectivity index is 1.89. The third-order valence-electron chi connectivity index (χ3n) is 3.44. The summed E-state index contributed by atoms with van der Waals surface area (Å²) in [6, 6.07) is 1.95. The summed E-state index contributed by atoms with van der Waals surface area (Å²) in [6.45, 7) is 5.06. The van der Waals surface area contributed by atoms with Crippen molar-refractivity contribution in [3.05, 3.63) is 20.3 Å². The second-order valence-electron chi connectivity index (χ2n) is 5.00. The third-order valence-corrected chi connectivity index (χ3v) is 5.58. The van der Waals surface area contributed by atoms with E-state index in [4.69, 9.17) is 0 Å². The van der Waals surface area contributed by atoms with Crippen LogP contribution in [0, 0.1) is 12.3 Å². The lowest BCUT2D eigenvalue weighted by atomic mass is 10.0. The minimum absolute atomic E-state index is 0.0752. The quantitative estimate of drug-likeness (QED) is 0.869. The lowest BCUT2D eigenvalue weighted by Gasteiger charge is -2.14. The van der Waals surface area contributed by atoms with Crippen LogP contribution in [0.3, 0.4) is 0 Å². The lowest BCUT2D eigenvalue weighted by molar-refractivity contribution is 0.0948. The Hall–Kier alpha value is -0.350. The molecule has 0 saturated heterocycles. The molecule has 1 aliphatic rings. The molecule has 2 nitrogen and oxygen atoms in total. The van der Waals surface area contributed by atoms with E-state index >= 15 is 0 Å². The van der Waals surface area contributed by atoms with Crippen LogP contribution < -0.4 is 5.32 Å². The summed E-state index contributed by atoms with van der Waals surface area (Å²) in [6.07, 6.45) is 4.99. The van der Waals surface area contributed by atoms with Crippen LogP contribution in [0.1, 0.15) is 47.8 Å². The van der Waals surface area contributed by atoms with Gasteiger partial charge in [-0.1, -0.05) is 13.3 Å². The summed E-state index contributed by atoms with van der Waals surface area (Å²) in [5, 5.41) is 3.08. The molecule has 2 rings (SSSR count). The standard InChI is InChI=1S/C13H18BrNOS/c1-3-4-13(5-6-13)8-15-12(16)10-7-9(2)11(14)17-10/h7H,3-6,8H2,1-2H3,(H,15,16). The van der Waals surface area contributed by atoms with Crippen LogP contribution in [-0.4, -0.2) is 12.5 Å². The monoisotopic (exact) mass is 315 g/mol. The molecule has 0 unspecified atom stereocenters. The maximum Gasteiger partial charge on any atom is 0.261 e. The Morgan fingerprint density at radius 1 is 1.59 bits per heavy atom. The first-order chi connectivity index (χ1) is 8.06. The molecule has 0 aromatic carbocycles. The molecule has 0 aliphatic heterocycles. The first-order valence-electron chi connectivity index (χ1n) is 6.10. The number of carbonyl (C=O) groups is 1. The fraction of sp³-hybridized carbons (Fsp3) is 0.615. The van der Waals surface area contributed by atoms with E-state index in [0.29, 0.717) is 5.41 Å². The number of aryl methyl sites for hydroxylation is 1. The van der Waals surface area contributed by atoms with Crippen molar-refractivity contribution < 1.29 is 4.79 Å². The number of halogens is 1. The summed E-state index contributed by atoms with van der Waals surface area (Å²) < 4.78 is 1.05. The van der Waals surface area contributed by atoms with Crippen molar-refractivity contribution in [3.8, 4) is 0 Å². The van der Waals surface area contributed by atoms with E-state index in [1.165, 1.54) is 37.0 Å². The largest absolute Gasteiger partial charge is 0.351 e. The van der Waals surface area contributed by atoms with Gasteiger partial charge in [-0.3, -0.25) is 4.79 Å². The van der Waals surface area contributed by atoms with Gasteiger partial charge < -0.3 is 5.32 Å². The molecule has 1 aromatic rings. The van der Waals surface area contributed by atoms with E-state index in [0.717, 1.165) is 20.8 Å². The predicted molar refractivity (Wildman–Crippen MR) is 75.7 cm³/mol. The molecule has 94 valence electrons. The van der Waals surface area contributed by atoms with Gasteiger partial charge in [0.15, 0.2) is 0 Å². The van der Waals surface area contributed by atoms with Gasteiger partial charge in [-0.25, -0.2) is 0 Å². The van der Waals surface area contributed by atoms with Crippen molar-refractivity contribution in [1.82, 2.24) is 5.32 Å². The van der Waals surface area contributed by atoms with Crippen molar-refractivity contribution in [2.24, 2.45) is 5.41 Å². The van der Waals surface area contributed by atoms with Crippen molar-refractivity contribution in [1.29, 1.82) is 0 Å². The number of rotatable bonds is 5. The van der Waals surface area contributed by atoms with Crippen LogP contribution >= 0.6 is 27.3 Å². The minimum atomic E-state index is 0.0752. The van der Waals surface area contributed by atoms with E-state index in [9.17, 15) is 4.79 Å². The molecule has 1 aromatic heterocycles. The van der Waals surface area contributed by atoms with Crippen LogP contribution in [0.5, 0.6) is 0 Å². The maximum absolute atomic E-state index is 12.0. The van der Waals surface area contributed by atoms with Crippen molar-refractivity contribution in [3.63, 3.8) is 0 Å². The van der Waals surface area contributed by atoms with Crippen molar-refractivity contribution in [2.45, 2.75) is 39.5 Å². The lowest BCUT2D eigenvalue weighted by Crippen LogP contribution is -2.29. The summed E-state index contributed by atoms with van der Waals surface area (Å²) in [7, 11) is 0. The number of amides is 1. The van der Waals surface area contributed by atoms with Crippen molar-refractivity contribution >= 4 is 33.2 Å². The molecule has 4 heteroatoms. The molecule has 0 spiro atoms. The molecule has 1 amide bonds. The number of nitrogens with one attached hydrogen (secondary N) is 1. The van der Waals surface area contributed by atoms with E-state index in [-0.39, 0.29) is 5.91 Å². The highest BCUT2D eigenvalue weighted by Gasteiger charge is 2.41. The van der Waals surface area contributed by atoms with Crippen LogP contribution in [0.2, 0.25) is 0 Å². The van der Waals surface area contributed by atoms with Gasteiger partial charge >= 0.3 is 0 Å². The molecule has 0 atom stereocenters. The average Bonchev–Trinajstić information content (AvgIpc) is 2.97. The number of carbonyl (C=O) groups excluding carboxylic acids is 1. The fourth-order valence-electron chi connectivity index (χ4n) is 2.15. The van der Waals surface area contributed by atoms with Gasteiger partial charge in [-0.2, -0.15) is 0 Å². The molecule has 1 aliphatic carbocycles. The van der Waals surface area contributed by atoms with Gasteiger partial charge in [0.25, 0.3) is 5.91 Å². The highest BCUT2D eigenvalue weighted by atomic mass is 79.9. The number of hydrogen-bond donors (Lipinski definition) is 1. The first kappa shape index (κ1) is 13.1. The summed E-state index contributed by atoms with van der Waals surface area (Å²) in [5.41, 5.74) is 1.56. The maximum atomic E-state index is 12.0. The molecule has 0 radical (unpaired) electrons. The molecule has 1 N–H and O–H groups in total. The Labute approximate surface area is 115 Å². The van der Waals surface area contributed by atoms with Gasteiger partial charge in [-0.05, 0) is 59.2 Å². The summed E-state index contributed by atoms with van der Waals surface area (Å²) >= 11 is 4.96. The average molecular weight is 316 g/mol. The van der Waals surface area contributed by atoms with Crippen LogP contribution in [0.4, 0.5) is 0 Å². The number of thiophene rings is 1. The third kappa shape index (κ3) is 3.10. The number of hydrogen-bond acceptors (Lipinski definition) is 2. The Morgan fingerprint density at radius 2 is 2.29 bits per heavy atom. The topological polar surface area (TPSA) is 29.1 Å². The van der Waals surface area contributed by atoms with Gasteiger partial charge in [0.2, 0.25) is 0 Å². The van der Waals surface area contributed by atoms with Gasteiger partial charge in [-0.15, -0.1) is 11.3 Å². The van der Waals surface area contributed by atoms with Gasteiger partial charge in [0.1, 0.15) is 0 Å². The van der Waals surface area contributed by atoms with E-state index in [1.807, 2.05) is 13.0 Å². The van der Waals surface area contributed by atoms with Crippen molar-refractivity contribution in [2.75, 3.05) is 6.54 Å². The van der Waals surface area contributed by atoms with Gasteiger partial charge in [0.05, 0.1) is 8.66 Å². The predicted octanol–water partition coefficient (Wildman–Crippen LogP) is 4.13. The zero-order valence-corrected chi connectivity index (χ0v) is 12.7. The van der Waals surface area contributed by atoms with Crippen LogP contribution in [0.15, 0.2) is 9.85 Å². The second-order valence-corrected chi connectivity index (χ2v) is 7.37. The minimum Gasteiger partial charge on any atom is -0.351 e. The molecular weight excluding hydrogens is 298 g/mol. The van der Waals surface area contributed by atoms with E-state index in [2.05, 4.69) is 28.2 Å². The molecule has 1 saturated carbocycles. The van der Waals surface area contributed by atoms with Crippen LogP contribution in [0.25, 0.3) is 0 Å². The normalized spacial score (nSPS) is 16.9. The second kappa shape index (κ2) is 5.11. The first-order valence-corrected chi connectivity index (χ1v) is 7.71. The van der Waals surface area contributed by atoms with Crippen LogP contribution in [-0.2, 0) is 0 Å². The highest BCUT2D eigenvalue weighted by molar-refractivity contribution is 9.11. The molecule has 17 heavy (non-hydrogen) atoms. The smallest absolute Gasteiger partial charge is 0.261 e. The van der Waals surface area contributed by atoms with Gasteiger partial charge in [0, 0.05) is 6.54 Å². The summed E-state index contributed by atoms with van der Waals surface area (Å²) in [4.78, 5) is 12.8. The SMILES string of the molecule is CCCC1(CNC(=O)c2cc(C)c(Br)s2)CC1. The van der Waals surface area contributed by atoms with E-state index in [1.54, 1.807) is 0 Å². The van der Waals surface area contributed by atoms with E-state index < -0.39 is 0 Å². The highest BCUT2D eigenvalue weighted by Crippen LogP contribution is 2.48. The Kier molecular flexibility index (Phi) is 3.93. The fourth-order valence-corrected chi connectivity index (χ4v) is 3.60.